The van der Waals surface area contributed by atoms with Crippen LogP contribution in [0.2, 0.25) is 0 Å². The number of rotatable bonds is 4. The fourth-order valence-corrected chi connectivity index (χ4v) is 7.30. The van der Waals surface area contributed by atoms with E-state index >= 15 is 0 Å². The molecule has 186 valence electrons. The molecule has 0 aromatic heterocycles. The van der Waals surface area contributed by atoms with Gasteiger partial charge in [-0.05, 0) is 53.3 Å². The molecule has 1 amide bonds. The molecule has 0 radical (unpaired) electrons. The molecule has 35 heavy (non-hydrogen) atoms. The maximum Gasteiger partial charge on any atom is 0.415 e. The first-order valence-corrected chi connectivity index (χ1v) is 13.6. The van der Waals surface area contributed by atoms with Crippen molar-refractivity contribution in [3.63, 3.8) is 0 Å². The number of carbonyl (C=O) groups excluding carboxylic acids is 1. The largest absolute Gasteiger partial charge is 0.478 e. The quantitative estimate of drug-likeness (QED) is 0.683. The molecule has 8 nitrogen and oxygen atoms in total. The first kappa shape index (κ1) is 23.8. The summed E-state index contributed by atoms with van der Waals surface area (Å²) in [5.74, 6) is -0.812. The number of carboxylic acid groups (broad SMARTS) is 1. The van der Waals surface area contributed by atoms with E-state index in [0.29, 0.717) is 42.9 Å². The molecule has 3 aliphatic rings. The van der Waals surface area contributed by atoms with Gasteiger partial charge >= 0.3 is 12.1 Å². The van der Waals surface area contributed by atoms with Crippen molar-refractivity contribution in [2.24, 2.45) is 0 Å². The van der Waals surface area contributed by atoms with Crippen molar-refractivity contribution < 1.29 is 27.9 Å². The Morgan fingerprint density at radius 3 is 2.40 bits per heavy atom. The highest BCUT2D eigenvalue weighted by atomic mass is 32.2. The van der Waals surface area contributed by atoms with Gasteiger partial charge in [0.1, 0.15) is 5.60 Å². The molecule has 0 aliphatic carbocycles. The van der Waals surface area contributed by atoms with Gasteiger partial charge in [0.05, 0.1) is 22.8 Å². The third kappa shape index (κ3) is 4.43. The van der Waals surface area contributed by atoms with E-state index < -0.39 is 27.5 Å². The van der Waals surface area contributed by atoms with Crippen LogP contribution in [-0.2, 0) is 26.5 Å². The highest BCUT2D eigenvalue weighted by Gasteiger charge is 2.47. The number of nitrogens with zero attached hydrogens (tertiary/aromatic N) is 2. The van der Waals surface area contributed by atoms with Crippen molar-refractivity contribution in [1.29, 1.82) is 0 Å². The molecule has 9 heteroatoms. The highest BCUT2D eigenvalue weighted by Crippen LogP contribution is 2.40. The maximum absolute atomic E-state index is 12.6. The molecule has 0 atom stereocenters. The molecule has 5 rings (SSSR count). The molecule has 2 fully saturated rings. The van der Waals surface area contributed by atoms with Crippen LogP contribution < -0.4 is 4.90 Å². The van der Waals surface area contributed by atoms with Crippen LogP contribution in [0.15, 0.2) is 47.4 Å². The minimum Gasteiger partial charge on any atom is -0.478 e. The second kappa shape index (κ2) is 8.34. The van der Waals surface area contributed by atoms with Crippen LogP contribution in [0.4, 0.5) is 10.5 Å². The monoisotopic (exact) mass is 498 g/mol. The minimum atomic E-state index is -3.21. The number of ether oxygens (including phenoxy) is 1. The second-order valence-corrected chi connectivity index (χ2v) is 12.6. The zero-order valence-corrected chi connectivity index (χ0v) is 20.8. The third-order valence-electron chi connectivity index (χ3n) is 7.67. The lowest BCUT2D eigenvalue weighted by Gasteiger charge is -2.38. The average Bonchev–Trinajstić information content (AvgIpc) is 3.14. The molecular weight excluding hydrogens is 468 g/mol. The standard InChI is InChI=1S/C26H30N2O6S/c1-25(2)11-14-35(32,33)22-8-3-18(15-21(22)25)16-27-12-9-26(10-13-27)17-28(24(31)34-26)20-6-4-19(5-7-20)23(29)30/h3-8,15H,9-14,16-17H2,1-2H3,(H,29,30). The molecule has 3 aliphatic heterocycles. The molecule has 3 heterocycles. The van der Waals surface area contributed by atoms with Gasteiger partial charge in [0.15, 0.2) is 9.84 Å². The third-order valence-corrected chi connectivity index (χ3v) is 9.44. The lowest BCUT2D eigenvalue weighted by molar-refractivity contribution is -0.000992. The predicted molar refractivity (Wildman–Crippen MR) is 131 cm³/mol. The Morgan fingerprint density at radius 1 is 1.06 bits per heavy atom. The Balaban J connectivity index is 1.25. The number of carboxylic acids is 1. The molecule has 0 saturated carbocycles. The van der Waals surface area contributed by atoms with Crippen LogP contribution in [0.25, 0.3) is 0 Å². The summed E-state index contributed by atoms with van der Waals surface area (Å²) in [6, 6.07) is 12.0. The zero-order chi connectivity index (χ0) is 25.0. The van der Waals surface area contributed by atoms with E-state index in [0.717, 1.165) is 24.2 Å². The number of anilines is 1. The lowest BCUT2D eigenvalue weighted by Crippen LogP contribution is -2.46. The summed E-state index contributed by atoms with van der Waals surface area (Å²) in [6.07, 6.45) is 1.62. The lowest BCUT2D eigenvalue weighted by atomic mass is 9.81. The Labute approximate surface area is 205 Å². The van der Waals surface area contributed by atoms with Gasteiger partial charge in [-0.3, -0.25) is 9.80 Å². The number of sulfone groups is 1. The van der Waals surface area contributed by atoms with Gasteiger partial charge in [-0.2, -0.15) is 0 Å². The fraction of sp³-hybridized carbons (Fsp3) is 0.462. The number of fused-ring (bicyclic) bond motifs is 1. The van der Waals surface area contributed by atoms with Crippen molar-refractivity contribution in [2.45, 2.75) is 55.6 Å². The number of hydrogen-bond acceptors (Lipinski definition) is 6. The minimum absolute atomic E-state index is 0.174. The van der Waals surface area contributed by atoms with E-state index in [2.05, 4.69) is 24.8 Å². The average molecular weight is 499 g/mol. The van der Waals surface area contributed by atoms with Crippen molar-refractivity contribution in [1.82, 2.24) is 4.90 Å². The molecule has 1 spiro atoms. The van der Waals surface area contributed by atoms with Gasteiger partial charge in [0.2, 0.25) is 0 Å². The summed E-state index contributed by atoms with van der Waals surface area (Å²) in [6.45, 7) is 6.88. The van der Waals surface area contributed by atoms with Gasteiger partial charge in [-0.1, -0.05) is 26.0 Å². The van der Waals surface area contributed by atoms with Crippen LogP contribution in [0.5, 0.6) is 0 Å². The topological polar surface area (TPSA) is 104 Å². The summed E-state index contributed by atoms with van der Waals surface area (Å²) in [5, 5.41) is 9.09. The Kier molecular flexibility index (Phi) is 5.68. The number of likely N-dealkylation sites (tertiary alicyclic amines) is 1. The molecule has 0 unspecified atom stereocenters. The SMILES string of the molecule is CC1(C)CCS(=O)(=O)c2ccc(CN3CCC4(CC3)CN(c3ccc(C(=O)O)cc3)C(=O)O4)cc21. The number of carbonyl (C=O) groups is 2. The number of hydrogen-bond donors (Lipinski definition) is 1. The molecular formula is C26H30N2O6S. The van der Waals surface area contributed by atoms with Crippen molar-refractivity contribution in [3.05, 3.63) is 59.2 Å². The van der Waals surface area contributed by atoms with Gasteiger partial charge in [-0.25, -0.2) is 18.0 Å². The summed E-state index contributed by atoms with van der Waals surface area (Å²) >= 11 is 0. The number of amides is 1. The summed E-state index contributed by atoms with van der Waals surface area (Å²) in [7, 11) is -3.21. The van der Waals surface area contributed by atoms with Crippen LogP contribution in [0.3, 0.4) is 0 Å². The highest BCUT2D eigenvalue weighted by molar-refractivity contribution is 7.91. The van der Waals surface area contributed by atoms with Crippen LogP contribution >= 0.6 is 0 Å². The summed E-state index contributed by atoms with van der Waals surface area (Å²) in [5.41, 5.74) is 2.08. The first-order chi connectivity index (χ1) is 16.5. The fourth-order valence-electron chi connectivity index (χ4n) is 5.35. The number of benzene rings is 2. The van der Waals surface area contributed by atoms with E-state index in [1.807, 2.05) is 6.07 Å². The molecule has 2 aromatic carbocycles. The van der Waals surface area contributed by atoms with Crippen LogP contribution in [0.1, 0.15) is 54.6 Å². The van der Waals surface area contributed by atoms with Crippen molar-refractivity contribution >= 4 is 27.6 Å². The van der Waals surface area contributed by atoms with Gasteiger partial charge in [0, 0.05) is 38.2 Å². The van der Waals surface area contributed by atoms with Crippen LogP contribution in [-0.4, -0.2) is 61.5 Å². The Hall–Kier alpha value is -2.91. The maximum atomic E-state index is 12.6. The number of piperidine rings is 1. The Morgan fingerprint density at radius 2 is 1.74 bits per heavy atom. The van der Waals surface area contributed by atoms with E-state index in [1.165, 1.54) is 12.1 Å². The van der Waals surface area contributed by atoms with Crippen molar-refractivity contribution in [3.8, 4) is 0 Å². The Bertz CT molecular complexity index is 1280. The normalized spacial score (nSPS) is 22.6. The smallest absolute Gasteiger partial charge is 0.415 e. The predicted octanol–water partition coefficient (Wildman–Crippen LogP) is 3.83. The van der Waals surface area contributed by atoms with Gasteiger partial charge in [-0.15, -0.1) is 0 Å². The first-order valence-electron chi connectivity index (χ1n) is 11.9. The molecule has 1 N–H and O–H groups in total. The van der Waals surface area contributed by atoms with Crippen molar-refractivity contribution in [2.75, 3.05) is 30.3 Å². The van der Waals surface area contributed by atoms with Gasteiger partial charge in [0.25, 0.3) is 0 Å². The summed E-state index contributed by atoms with van der Waals surface area (Å²) < 4.78 is 30.9. The summed E-state index contributed by atoms with van der Waals surface area (Å²) in [4.78, 5) is 28.1. The van der Waals surface area contributed by atoms with E-state index in [-0.39, 0.29) is 16.7 Å². The zero-order valence-electron chi connectivity index (χ0n) is 20.0. The molecule has 2 aromatic rings. The van der Waals surface area contributed by atoms with Crippen LogP contribution in [0, 0.1) is 0 Å². The molecule has 2 saturated heterocycles. The van der Waals surface area contributed by atoms with E-state index in [4.69, 9.17) is 9.84 Å². The van der Waals surface area contributed by atoms with Gasteiger partial charge < -0.3 is 9.84 Å². The number of aromatic carboxylic acids is 1. The second-order valence-electron chi connectivity index (χ2n) is 10.5. The molecule has 0 bridgehead atoms. The van der Waals surface area contributed by atoms with E-state index in [9.17, 15) is 18.0 Å². The van der Waals surface area contributed by atoms with E-state index in [1.54, 1.807) is 23.1 Å².